The number of hydrogen-bond acceptors (Lipinski definition) is 9. The Hall–Kier alpha value is -5.11. The summed E-state index contributed by atoms with van der Waals surface area (Å²) < 4.78 is 13.7. The van der Waals surface area contributed by atoms with Gasteiger partial charge in [0.15, 0.2) is 5.69 Å². The Morgan fingerprint density at radius 1 is 0.746 bits per heavy atom. The Morgan fingerprint density at radius 3 is 1.64 bits per heavy atom. The molecule has 0 spiro atoms. The van der Waals surface area contributed by atoms with Gasteiger partial charge in [0.25, 0.3) is 0 Å². The normalized spacial score (nSPS) is 18.7. The fraction of sp³-hybridized carbons (Fsp3) is 0.409. The molecule has 0 bridgehead atoms. The minimum atomic E-state index is -2.65. The summed E-state index contributed by atoms with van der Waals surface area (Å²) in [5.74, 6) is 1.26. The number of aromatic amines is 2. The van der Waals surface area contributed by atoms with Gasteiger partial charge >= 0.3 is 0 Å². The van der Waals surface area contributed by atoms with Crippen molar-refractivity contribution in [1.82, 2.24) is 40.5 Å². The first-order valence-electron chi connectivity index (χ1n) is 19.9. The largest absolute Gasteiger partial charge is 0.361 e. The summed E-state index contributed by atoms with van der Waals surface area (Å²) >= 11 is 3.54. The quantitative estimate of drug-likeness (QED) is 0.0679. The Balaban J connectivity index is 0.000000180. The molecule has 0 radical (unpaired) electrons. The molecular weight excluding hydrogens is 823 g/mol. The van der Waals surface area contributed by atoms with Crippen LogP contribution in [0.25, 0.3) is 54.0 Å². The highest BCUT2D eigenvalue weighted by molar-refractivity contribution is 9.10. The third-order valence-corrected chi connectivity index (χ3v) is 13.7. The zero-order chi connectivity index (χ0) is 42.3. The number of piperidine rings is 2. The SMILES string of the molecule is [C-]#[N+]c1ccc2c(-c3nc(N[C@H]4CCC(C)(C)NC4)ncc3C)c[nH]c2c1Br.[C-]#[N+]c1ccc2c(-c3nc(N[C@H]4CCC(C)(C)NC4)ncc3C)c[nH]c2c1P(C)(C)=O. The number of fused-ring (bicyclic) bond motifs is 2. The maximum Gasteiger partial charge on any atom is 0.223 e. The van der Waals surface area contributed by atoms with Gasteiger partial charge < -0.3 is 35.8 Å². The summed E-state index contributed by atoms with van der Waals surface area (Å²) in [5.41, 5.74) is 8.69. The zero-order valence-electron chi connectivity index (χ0n) is 34.9. The second-order valence-electron chi connectivity index (χ2n) is 17.4. The van der Waals surface area contributed by atoms with E-state index in [9.17, 15) is 4.57 Å². The van der Waals surface area contributed by atoms with Gasteiger partial charge in [0, 0.05) is 104 Å². The van der Waals surface area contributed by atoms with Gasteiger partial charge in [-0.25, -0.2) is 29.6 Å². The number of hydrogen-bond donors (Lipinski definition) is 6. The zero-order valence-corrected chi connectivity index (χ0v) is 37.4. The van der Waals surface area contributed by atoms with E-state index in [4.69, 9.17) is 23.1 Å². The van der Waals surface area contributed by atoms with Crippen molar-refractivity contribution in [3.63, 3.8) is 0 Å². The van der Waals surface area contributed by atoms with E-state index in [1.807, 2.05) is 56.8 Å². The lowest BCUT2D eigenvalue weighted by Crippen LogP contribution is -2.50. The first kappa shape index (κ1) is 42.0. The molecule has 2 atom stereocenters. The summed E-state index contributed by atoms with van der Waals surface area (Å²) in [4.78, 5) is 32.3. The number of nitrogens with zero attached hydrogens (tertiary/aromatic N) is 6. The molecule has 4 aromatic heterocycles. The standard InChI is InChI=1S/C23H29N6OP.C21H23BrN6/c1-14-11-26-22(28-15-9-10-23(2,3)27-12-15)29-19(14)17-13-25-20-16(17)7-8-18(24-4)21(20)31(5,6)30;1-12-9-25-20(27-13-7-8-21(2,3)26-10-13)28-18(12)15-11-24-19-14(15)5-6-16(23-4)17(19)22/h7-8,11,13,15,25,27H,9-10,12H2,1-3,5-6H3,(H,26,28,29);5-6,9,11,13,24,26H,7-8,10H2,1-3H3,(H,25,27,28)/t15-;13-/m00/s1. The minimum Gasteiger partial charge on any atom is -0.361 e. The van der Waals surface area contributed by atoms with E-state index in [0.717, 1.165) is 98.7 Å². The van der Waals surface area contributed by atoms with Crippen molar-refractivity contribution in [3.05, 3.63) is 87.5 Å². The first-order chi connectivity index (χ1) is 28.0. The summed E-state index contributed by atoms with van der Waals surface area (Å²) in [6, 6.07) is 8.08. The predicted octanol–water partition coefficient (Wildman–Crippen LogP) is 9.86. The molecule has 13 nitrogen and oxygen atoms in total. The number of aromatic nitrogens is 6. The maximum absolute atomic E-state index is 12.9. The molecule has 2 fully saturated rings. The maximum atomic E-state index is 12.9. The molecule has 59 heavy (non-hydrogen) atoms. The molecule has 6 heterocycles. The Labute approximate surface area is 354 Å². The predicted molar refractivity (Wildman–Crippen MR) is 245 cm³/mol. The second-order valence-corrected chi connectivity index (χ2v) is 21.3. The highest BCUT2D eigenvalue weighted by Gasteiger charge is 2.28. The van der Waals surface area contributed by atoms with Gasteiger partial charge in [0.1, 0.15) is 7.14 Å². The van der Waals surface area contributed by atoms with Crippen LogP contribution in [0, 0.1) is 27.0 Å². The van der Waals surface area contributed by atoms with Crippen LogP contribution < -0.4 is 26.6 Å². The number of aryl methyl sites for hydroxylation is 2. The molecule has 6 N–H and O–H groups in total. The van der Waals surface area contributed by atoms with E-state index in [-0.39, 0.29) is 17.1 Å². The van der Waals surface area contributed by atoms with Crippen molar-refractivity contribution in [2.75, 3.05) is 37.1 Å². The van der Waals surface area contributed by atoms with Crippen LogP contribution in [0.4, 0.5) is 23.3 Å². The minimum absolute atomic E-state index is 0.168. The van der Waals surface area contributed by atoms with Crippen LogP contribution in [0.3, 0.4) is 0 Å². The summed E-state index contributed by atoms with van der Waals surface area (Å²) in [5, 5.41) is 16.6. The molecule has 2 aliphatic rings. The highest BCUT2D eigenvalue weighted by Crippen LogP contribution is 2.43. The van der Waals surface area contributed by atoms with Crippen LogP contribution in [0.15, 0.2) is 53.5 Å². The van der Waals surface area contributed by atoms with Crippen molar-refractivity contribution in [1.29, 1.82) is 0 Å². The summed E-state index contributed by atoms with van der Waals surface area (Å²) in [6.45, 7) is 32.9. The van der Waals surface area contributed by atoms with Gasteiger partial charge in [0.2, 0.25) is 17.6 Å². The molecule has 0 amide bonds. The van der Waals surface area contributed by atoms with E-state index in [1.165, 1.54) is 0 Å². The van der Waals surface area contributed by atoms with E-state index >= 15 is 0 Å². The van der Waals surface area contributed by atoms with E-state index < -0.39 is 7.14 Å². The molecule has 0 unspecified atom stereocenters. The van der Waals surface area contributed by atoms with Gasteiger partial charge in [-0.3, -0.25) is 0 Å². The van der Waals surface area contributed by atoms with Gasteiger partial charge in [-0.2, -0.15) is 0 Å². The van der Waals surface area contributed by atoms with E-state index in [2.05, 4.69) is 94.5 Å². The molecule has 15 heteroatoms. The van der Waals surface area contributed by atoms with Gasteiger partial charge in [-0.15, -0.1) is 0 Å². The summed E-state index contributed by atoms with van der Waals surface area (Å²) in [7, 11) is -2.65. The number of halogens is 1. The lowest BCUT2D eigenvalue weighted by atomic mass is 9.91. The monoisotopic (exact) mass is 874 g/mol. The fourth-order valence-electron chi connectivity index (χ4n) is 7.87. The van der Waals surface area contributed by atoms with Crippen LogP contribution in [0.1, 0.15) is 64.5 Å². The Morgan fingerprint density at radius 2 is 1.20 bits per heavy atom. The molecular formula is C44H52BrN12OP. The number of anilines is 2. The molecule has 0 saturated carbocycles. The van der Waals surface area contributed by atoms with E-state index in [0.29, 0.717) is 34.6 Å². The molecule has 6 aromatic rings. The number of nitrogens with one attached hydrogen (secondary N) is 6. The molecule has 8 rings (SSSR count). The average molecular weight is 876 g/mol. The molecule has 0 aliphatic carbocycles. The molecule has 2 aliphatic heterocycles. The topological polar surface area (TPSA) is 157 Å². The van der Waals surface area contributed by atoms with Crippen LogP contribution in [-0.2, 0) is 4.57 Å². The Kier molecular flexibility index (Phi) is 11.8. The highest BCUT2D eigenvalue weighted by atomic mass is 79.9. The van der Waals surface area contributed by atoms with Crippen molar-refractivity contribution < 1.29 is 4.57 Å². The average Bonchev–Trinajstić information content (AvgIpc) is 3.83. The van der Waals surface area contributed by atoms with Crippen molar-refractivity contribution in [2.24, 2.45) is 0 Å². The van der Waals surface area contributed by atoms with Crippen LogP contribution >= 0.6 is 23.1 Å². The number of H-pyrrole nitrogens is 2. The first-order valence-corrected chi connectivity index (χ1v) is 23.3. The van der Waals surface area contributed by atoms with Crippen molar-refractivity contribution in [2.45, 2.75) is 90.4 Å². The fourth-order valence-corrected chi connectivity index (χ4v) is 9.82. The van der Waals surface area contributed by atoms with E-state index in [1.54, 1.807) is 19.4 Å². The molecule has 2 aromatic carbocycles. The van der Waals surface area contributed by atoms with Crippen LogP contribution in [0.2, 0.25) is 0 Å². The van der Waals surface area contributed by atoms with Crippen molar-refractivity contribution >= 4 is 73.5 Å². The van der Waals surface area contributed by atoms with Gasteiger partial charge in [-0.1, -0.05) is 40.2 Å². The smallest absolute Gasteiger partial charge is 0.223 e. The van der Waals surface area contributed by atoms with Gasteiger partial charge in [0.05, 0.1) is 24.5 Å². The second kappa shape index (κ2) is 16.5. The van der Waals surface area contributed by atoms with Crippen molar-refractivity contribution in [3.8, 4) is 22.5 Å². The molecule has 2 saturated heterocycles. The Bertz CT molecular complexity index is 2660. The van der Waals surface area contributed by atoms with Crippen LogP contribution in [0.5, 0.6) is 0 Å². The summed E-state index contributed by atoms with van der Waals surface area (Å²) in [6.07, 6.45) is 11.9. The third-order valence-electron chi connectivity index (χ3n) is 11.4. The lowest BCUT2D eigenvalue weighted by Gasteiger charge is -2.36. The molecule has 306 valence electrons. The number of rotatable bonds is 7. The lowest BCUT2D eigenvalue weighted by molar-refractivity contribution is 0.289. The van der Waals surface area contributed by atoms with Gasteiger partial charge in [-0.05, 0) is 91.7 Å². The number of benzene rings is 2. The third kappa shape index (κ3) is 9.07. The van der Waals surface area contributed by atoms with Crippen LogP contribution in [-0.4, -0.2) is 79.5 Å².